The Morgan fingerprint density at radius 1 is 0.688 bits per heavy atom. The highest BCUT2D eigenvalue weighted by atomic mass is 16.6. The highest BCUT2D eigenvalue weighted by molar-refractivity contribution is 5.70. The monoisotopic (exact) mass is 450 g/mol. The molecule has 180 valence electrons. The second-order valence-electron chi connectivity index (χ2n) is 12.3. The van der Waals surface area contributed by atoms with E-state index >= 15 is 0 Å². The lowest BCUT2D eigenvalue weighted by molar-refractivity contribution is -0.129. The number of nitrogens with zero attached hydrogens (tertiary/aromatic N) is 2. The van der Waals surface area contributed by atoms with Crippen molar-refractivity contribution in [3.63, 3.8) is 0 Å². The zero-order chi connectivity index (χ0) is 23.9. The number of carbonyl (C=O) groups is 4. The predicted molar refractivity (Wildman–Crippen MR) is 118 cm³/mol. The molecule has 8 heteroatoms. The van der Waals surface area contributed by atoms with E-state index in [-0.39, 0.29) is 34.9 Å². The molecule has 2 saturated carbocycles. The number of rotatable bonds is 2. The molecule has 4 fully saturated rings. The zero-order valence-electron chi connectivity index (χ0n) is 20.3. The van der Waals surface area contributed by atoms with Crippen molar-refractivity contribution in [2.45, 2.75) is 78.4 Å². The van der Waals surface area contributed by atoms with E-state index in [1.165, 1.54) is 0 Å². The van der Waals surface area contributed by atoms with Gasteiger partial charge in [0.2, 0.25) is 0 Å². The number of likely N-dealkylation sites (tertiary alicyclic amines) is 2. The van der Waals surface area contributed by atoms with Gasteiger partial charge in [0.05, 0.1) is 0 Å². The van der Waals surface area contributed by atoms with Gasteiger partial charge in [-0.05, 0) is 67.2 Å². The fourth-order valence-corrected chi connectivity index (χ4v) is 5.25. The Labute approximate surface area is 191 Å². The second kappa shape index (κ2) is 8.34. The molecule has 2 saturated heterocycles. The van der Waals surface area contributed by atoms with E-state index in [1.54, 1.807) is 9.80 Å². The Kier molecular flexibility index (Phi) is 6.39. The highest BCUT2D eigenvalue weighted by Gasteiger charge is 2.55. The maximum atomic E-state index is 11.7. The van der Waals surface area contributed by atoms with Crippen LogP contribution in [-0.4, -0.2) is 71.9 Å². The summed E-state index contributed by atoms with van der Waals surface area (Å²) in [5.41, 5.74) is -0.374. The summed E-state index contributed by atoms with van der Waals surface area (Å²) in [5, 5.41) is 0. The van der Waals surface area contributed by atoms with E-state index < -0.39 is 11.2 Å². The maximum Gasteiger partial charge on any atom is 0.410 e. The van der Waals surface area contributed by atoms with Crippen LogP contribution in [0, 0.1) is 22.7 Å². The number of hydrogen-bond donors (Lipinski definition) is 0. The predicted octanol–water partition coefficient (Wildman–Crippen LogP) is 3.66. The molecule has 2 spiro atoms. The summed E-state index contributed by atoms with van der Waals surface area (Å²) in [4.78, 5) is 47.8. The van der Waals surface area contributed by atoms with Crippen molar-refractivity contribution < 1.29 is 28.7 Å². The van der Waals surface area contributed by atoms with Crippen molar-refractivity contribution in [2.75, 3.05) is 26.2 Å². The third kappa shape index (κ3) is 5.62. The SMILES string of the molecule is CC(C)(C)OC(=O)N1CC2(CC(C=O)C2)C1.CC(C)(C)OC(=O)N1CC2(CC(C=O)C2)C1. The van der Waals surface area contributed by atoms with Crippen LogP contribution in [0.3, 0.4) is 0 Å². The molecule has 2 heterocycles. The minimum absolute atomic E-state index is 0.223. The minimum atomic E-state index is -0.426. The number of hydrogen-bond acceptors (Lipinski definition) is 6. The molecule has 0 aromatic rings. The summed E-state index contributed by atoms with van der Waals surface area (Å²) in [7, 11) is 0. The van der Waals surface area contributed by atoms with E-state index in [2.05, 4.69) is 0 Å². The molecule has 0 N–H and O–H groups in total. The molecule has 2 amide bonds. The normalized spacial score (nSPS) is 23.6. The number of carbonyl (C=O) groups excluding carboxylic acids is 4. The van der Waals surface area contributed by atoms with Gasteiger partial charge >= 0.3 is 12.2 Å². The number of ether oxygens (including phenoxy) is 2. The van der Waals surface area contributed by atoms with E-state index in [4.69, 9.17) is 9.47 Å². The lowest BCUT2D eigenvalue weighted by atomic mass is 9.58. The van der Waals surface area contributed by atoms with Crippen molar-refractivity contribution in [1.82, 2.24) is 9.80 Å². The molecule has 0 atom stereocenters. The standard InChI is InChI=1S/2C12H19NO3/c2*1-11(2,3)16-10(15)13-7-12(8-13)4-9(5-12)6-14/h2*6,9H,4-5,7-8H2,1-3H3. The largest absolute Gasteiger partial charge is 0.444 e. The summed E-state index contributed by atoms with van der Waals surface area (Å²) in [6.45, 7) is 14.2. The van der Waals surface area contributed by atoms with Gasteiger partial charge in [-0.15, -0.1) is 0 Å². The Morgan fingerprint density at radius 2 is 0.969 bits per heavy atom. The fraction of sp³-hybridized carbons (Fsp3) is 0.833. The smallest absolute Gasteiger partial charge is 0.410 e. The molecule has 8 nitrogen and oxygen atoms in total. The molecule has 0 unspecified atom stereocenters. The molecule has 4 aliphatic rings. The van der Waals surface area contributed by atoms with Crippen LogP contribution in [0.4, 0.5) is 9.59 Å². The first kappa shape index (κ1) is 24.5. The molecule has 0 radical (unpaired) electrons. The fourth-order valence-electron chi connectivity index (χ4n) is 5.25. The van der Waals surface area contributed by atoms with Gasteiger partial charge < -0.3 is 28.9 Å². The van der Waals surface area contributed by atoms with Gasteiger partial charge in [-0.2, -0.15) is 0 Å². The van der Waals surface area contributed by atoms with Crippen LogP contribution in [-0.2, 0) is 19.1 Å². The zero-order valence-corrected chi connectivity index (χ0v) is 20.3. The van der Waals surface area contributed by atoms with Crippen molar-refractivity contribution in [3.8, 4) is 0 Å². The maximum absolute atomic E-state index is 11.7. The Balaban J connectivity index is 0.000000181. The third-order valence-corrected chi connectivity index (χ3v) is 6.57. The molecule has 4 rings (SSSR count). The molecule has 0 aromatic heterocycles. The summed E-state index contributed by atoms with van der Waals surface area (Å²) < 4.78 is 10.5. The van der Waals surface area contributed by atoms with Crippen LogP contribution in [0.1, 0.15) is 67.2 Å². The first-order chi connectivity index (χ1) is 14.7. The van der Waals surface area contributed by atoms with Crippen molar-refractivity contribution >= 4 is 24.8 Å². The summed E-state index contributed by atoms with van der Waals surface area (Å²) in [5.74, 6) is 0.446. The van der Waals surface area contributed by atoms with Crippen molar-refractivity contribution in [1.29, 1.82) is 0 Å². The van der Waals surface area contributed by atoms with E-state index in [0.29, 0.717) is 0 Å². The topological polar surface area (TPSA) is 93.2 Å². The van der Waals surface area contributed by atoms with Gasteiger partial charge in [-0.1, -0.05) is 0 Å². The van der Waals surface area contributed by atoms with E-state index in [0.717, 1.165) is 64.4 Å². The van der Waals surface area contributed by atoms with Crippen LogP contribution < -0.4 is 0 Å². The van der Waals surface area contributed by atoms with Crippen LogP contribution in [0.2, 0.25) is 0 Å². The Morgan fingerprint density at radius 3 is 1.19 bits per heavy atom. The average Bonchev–Trinajstić information content (AvgIpc) is 2.47. The van der Waals surface area contributed by atoms with Gasteiger partial charge in [0.25, 0.3) is 0 Å². The molecule has 2 aliphatic heterocycles. The molecular weight excluding hydrogens is 412 g/mol. The summed E-state index contributed by atoms with van der Waals surface area (Å²) in [6.07, 6.45) is 5.36. The van der Waals surface area contributed by atoms with Gasteiger partial charge in [-0.3, -0.25) is 0 Å². The number of amides is 2. The van der Waals surface area contributed by atoms with Crippen LogP contribution in [0.15, 0.2) is 0 Å². The Bertz CT molecular complexity index is 673. The van der Waals surface area contributed by atoms with Crippen LogP contribution in [0.25, 0.3) is 0 Å². The first-order valence-electron chi connectivity index (χ1n) is 11.5. The molecule has 32 heavy (non-hydrogen) atoms. The number of aldehydes is 2. The summed E-state index contributed by atoms with van der Waals surface area (Å²) in [6, 6.07) is 0. The molecular formula is C24H38N2O6. The molecule has 2 aliphatic carbocycles. The lowest BCUT2D eigenvalue weighted by Gasteiger charge is -2.57. The highest BCUT2D eigenvalue weighted by Crippen LogP contribution is 2.52. The summed E-state index contributed by atoms with van der Waals surface area (Å²) >= 11 is 0. The van der Waals surface area contributed by atoms with Crippen molar-refractivity contribution in [3.05, 3.63) is 0 Å². The Hall–Kier alpha value is -2.12. The molecule has 0 bridgehead atoms. The second-order valence-corrected chi connectivity index (χ2v) is 12.3. The van der Waals surface area contributed by atoms with E-state index in [1.807, 2.05) is 41.5 Å². The third-order valence-electron chi connectivity index (χ3n) is 6.57. The van der Waals surface area contributed by atoms with Gasteiger partial charge in [-0.25, -0.2) is 9.59 Å². The lowest BCUT2D eigenvalue weighted by Crippen LogP contribution is -2.64. The first-order valence-corrected chi connectivity index (χ1v) is 11.5. The van der Waals surface area contributed by atoms with Crippen LogP contribution in [0.5, 0.6) is 0 Å². The van der Waals surface area contributed by atoms with Gasteiger partial charge in [0.1, 0.15) is 23.8 Å². The van der Waals surface area contributed by atoms with Gasteiger partial charge in [0, 0.05) is 48.8 Å². The van der Waals surface area contributed by atoms with E-state index in [9.17, 15) is 19.2 Å². The minimum Gasteiger partial charge on any atom is -0.444 e. The van der Waals surface area contributed by atoms with Crippen LogP contribution >= 0.6 is 0 Å². The van der Waals surface area contributed by atoms with Gasteiger partial charge in [0.15, 0.2) is 0 Å². The molecule has 0 aromatic carbocycles. The average molecular weight is 451 g/mol. The quantitative estimate of drug-likeness (QED) is 0.596. The van der Waals surface area contributed by atoms with Crippen molar-refractivity contribution in [2.24, 2.45) is 22.7 Å².